The first-order valence-electron chi connectivity index (χ1n) is 2.12. The molecule has 0 saturated heterocycles. The van der Waals surface area contributed by atoms with Gasteiger partial charge >= 0.3 is 22.7 Å². The third kappa shape index (κ3) is 6.26. The Labute approximate surface area is 62.5 Å². The van der Waals surface area contributed by atoms with Crippen LogP contribution in [0.4, 0.5) is 0 Å². The van der Waals surface area contributed by atoms with Gasteiger partial charge in [-0.1, -0.05) is 0 Å². The Morgan fingerprint density at radius 3 is 2.40 bits per heavy atom. The van der Waals surface area contributed by atoms with Crippen molar-refractivity contribution in [2.45, 2.75) is 0 Å². The Bertz CT molecular complexity index is 134. The smallest absolute Gasteiger partial charge is 0.320 e. The van der Waals surface area contributed by atoms with Crippen molar-refractivity contribution in [3.8, 4) is 0 Å². The molecule has 0 aliphatic carbocycles. The number of aliphatic hydroxyl groups is 1. The topological polar surface area (TPSA) is 93.1 Å². The van der Waals surface area contributed by atoms with E-state index < -0.39 is 22.7 Å². The minimum Gasteiger partial charge on any atom is -0.394 e. The van der Waals surface area contributed by atoms with Crippen molar-refractivity contribution in [2.75, 3.05) is 13.2 Å². The van der Waals surface area contributed by atoms with Crippen LogP contribution in [-0.2, 0) is 30.5 Å². The number of hydrogen-bond acceptors (Lipinski definition) is 5. The molecule has 0 aromatic heterocycles. The van der Waals surface area contributed by atoms with Gasteiger partial charge in [-0.3, -0.25) is 8.74 Å². The lowest BCUT2D eigenvalue weighted by Gasteiger charge is -1.95. The second-order valence-corrected chi connectivity index (χ2v) is 2.66. The Kier molecular flexibility index (Phi) is 5.97. The van der Waals surface area contributed by atoms with E-state index in [9.17, 15) is 8.42 Å². The summed E-state index contributed by atoms with van der Waals surface area (Å²) < 4.78 is 35.7. The van der Waals surface area contributed by atoms with E-state index >= 15 is 0 Å². The molecule has 0 bridgehead atoms. The summed E-state index contributed by atoms with van der Waals surface area (Å²) >= 11 is -4.87. The maximum absolute atomic E-state index is 10.2. The van der Waals surface area contributed by atoms with E-state index in [0.29, 0.717) is 0 Å². The van der Waals surface area contributed by atoms with Crippen LogP contribution < -0.4 is 0 Å². The highest BCUT2D eigenvalue weighted by Crippen LogP contribution is 1.89. The fraction of sp³-hybridized carbons (Fsp3) is 1.00. The van der Waals surface area contributed by atoms with Crippen molar-refractivity contribution < 1.29 is 25.9 Å². The van der Waals surface area contributed by atoms with Crippen molar-refractivity contribution in [3.05, 3.63) is 0 Å². The van der Waals surface area contributed by atoms with Crippen LogP contribution in [-0.4, -0.2) is 31.3 Å². The quantitative estimate of drug-likeness (QED) is 0.525. The average Bonchev–Trinajstić information content (AvgIpc) is 1.82. The van der Waals surface area contributed by atoms with Crippen LogP contribution in [0.2, 0.25) is 0 Å². The monoisotopic (exact) mass is 190 g/mol. The molecule has 0 fully saturated rings. The molecule has 0 spiro atoms. The summed E-state index contributed by atoms with van der Waals surface area (Å²) in [5, 5.41) is 8.10. The summed E-state index contributed by atoms with van der Waals surface area (Å²) in [5.74, 6) is 0. The van der Waals surface area contributed by atoms with E-state index in [0.717, 1.165) is 0 Å². The van der Waals surface area contributed by atoms with Crippen LogP contribution in [0.25, 0.3) is 0 Å². The molecule has 0 amide bonds. The molecule has 0 aliphatic heterocycles. The van der Waals surface area contributed by atoms with Gasteiger partial charge in [0.25, 0.3) is 0 Å². The van der Waals surface area contributed by atoms with Gasteiger partial charge < -0.3 is 5.11 Å². The summed E-state index contributed by atoms with van der Waals surface area (Å²) in [4.78, 5) is 0. The molecule has 62 valence electrons. The van der Waals surface area contributed by atoms with Crippen molar-refractivity contribution in [3.63, 3.8) is 0 Å². The van der Waals surface area contributed by atoms with Crippen LogP contribution in [0, 0.1) is 0 Å². The van der Waals surface area contributed by atoms with Gasteiger partial charge in [-0.2, -0.15) is 8.42 Å². The van der Waals surface area contributed by atoms with Crippen LogP contribution >= 0.6 is 0 Å². The van der Waals surface area contributed by atoms with Crippen molar-refractivity contribution in [2.24, 2.45) is 0 Å². The SMILES string of the molecule is O=S(O)OS(=O)OCCO. The fourth-order valence-electron chi connectivity index (χ4n) is 0.172. The second kappa shape index (κ2) is 5.89. The molecule has 0 aliphatic rings. The summed E-state index contributed by atoms with van der Waals surface area (Å²) in [6, 6.07) is 0. The first-order valence-corrected chi connectivity index (χ1v) is 4.15. The Balaban J connectivity index is 3.35. The predicted octanol–water partition coefficient (Wildman–Crippen LogP) is -1.27. The standard InChI is InChI=1S/C2H6O6S2/c3-1-2-7-10(6)8-9(4)5/h3H,1-2H2,(H,4,5). The molecule has 10 heavy (non-hydrogen) atoms. The highest BCUT2D eigenvalue weighted by Gasteiger charge is 2.03. The van der Waals surface area contributed by atoms with Crippen LogP contribution in [0.1, 0.15) is 0 Å². The predicted molar refractivity (Wildman–Crippen MR) is 33.0 cm³/mol. The Hall–Kier alpha value is 0.140. The molecule has 6 nitrogen and oxygen atoms in total. The summed E-state index contributed by atoms with van der Waals surface area (Å²) in [7, 11) is 0. The third-order valence-corrected chi connectivity index (χ3v) is 1.65. The molecule has 2 unspecified atom stereocenters. The summed E-state index contributed by atoms with van der Waals surface area (Å²) in [6.45, 7) is -0.531. The van der Waals surface area contributed by atoms with Crippen molar-refractivity contribution >= 4 is 22.7 Å². The Morgan fingerprint density at radius 2 is 2.00 bits per heavy atom. The van der Waals surface area contributed by atoms with Crippen molar-refractivity contribution in [1.29, 1.82) is 0 Å². The zero-order valence-corrected chi connectivity index (χ0v) is 6.39. The van der Waals surface area contributed by atoms with E-state index in [4.69, 9.17) is 9.66 Å². The van der Waals surface area contributed by atoms with E-state index in [1.807, 2.05) is 0 Å². The molecule has 0 radical (unpaired) electrons. The van der Waals surface area contributed by atoms with Gasteiger partial charge in [0, 0.05) is 0 Å². The average molecular weight is 190 g/mol. The maximum Gasteiger partial charge on any atom is 0.320 e. The van der Waals surface area contributed by atoms with E-state index in [1.54, 1.807) is 0 Å². The van der Waals surface area contributed by atoms with Crippen molar-refractivity contribution in [1.82, 2.24) is 0 Å². The van der Waals surface area contributed by atoms with Gasteiger partial charge in [0.2, 0.25) is 0 Å². The van der Waals surface area contributed by atoms with E-state index in [-0.39, 0.29) is 13.2 Å². The second-order valence-electron chi connectivity index (χ2n) is 1.03. The number of rotatable bonds is 5. The van der Waals surface area contributed by atoms with Gasteiger partial charge in [0.05, 0.1) is 13.2 Å². The maximum atomic E-state index is 10.2. The van der Waals surface area contributed by atoms with E-state index in [2.05, 4.69) is 7.81 Å². The van der Waals surface area contributed by atoms with Gasteiger partial charge in [-0.05, 0) is 0 Å². The van der Waals surface area contributed by atoms with Gasteiger partial charge in [0.1, 0.15) is 0 Å². The molecule has 0 aromatic carbocycles. The fourth-order valence-corrected chi connectivity index (χ4v) is 0.920. The zero-order valence-electron chi connectivity index (χ0n) is 4.76. The molecular formula is C2H6O6S2. The lowest BCUT2D eigenvalue weighted by molar-refractivity contribution is 0.203. The summed E-state index contributed by atoms with van der Waals surface area (Å²) in [5.41, 5.74) is 0. The molecule has 2 atom stereocenters. The first-order chi connectivity index (χ1) is 4.66. The van der Waals surface area contributed by atoms with E-state index in [1.165, 1.54) is 0 Å². The first kappa shape index (κ1) is 10.1. The Morgan fingerprint density at radius 1 is 1.40 bits per heavy atom. The van der Waals surface area contributed by atoms with Crippen LogP contribution in [0.3, 0.4) is 0 Å². The molecule has 0 rings (SSSR count). The van der Waals surface area contributed by atoms with Gasteiger partial charge in [-0.25, -0.2) is 0 Å². The highest BCUT2D eigenvalue weighted by atomic mass is 32.3. The number of hydrogen-bond donors (Lipinski definition) is 2. The lowest BCUT2D eigenvalue weighted by atomic mass is 10.8. The number of aliphatic hydroxyl groups excluding tert-OH is 1. The normalized spacial score (nSPS) is 16.6. The lowest BCUT2D eigenvalue weighted by Crippen LogP contribution is -2.07. The van der Waals surface area contributed by atoms with Gasteiger partial charge in [-0.15, -0.1) is 3.63 Å². The molecule has 0 aromatic rings. The minimum atomic E-state index is -2.61. The van der Waals surface area contributed by atoms with Crippen LogP contribution in [0.5, 0.6) is 0 Å². The minimum absolute atomic E-state index is 0.205. The highest BCUT2D eigenvalue weighted by molar-refractivity contribution is 7.88. The van der Waals surface area contributed by atoms with Crippen LogP contribution in [0.15, 0.2) is 0 Å². The van der Waals surface area contributed by atoms with Gasteiger partial charge in [0.15, 0.2) is 0 Å². The molecular weight excluding hydrogens is 184 g/mol. The molecule has 0 heterocycles. The molecule has 0 saturated carbocycles. The zero-order chi connectivity index (χ0) is 7.98. The molecule has 2 N–H and O–H groups in total. The summed E-state index contributed by atoms with van der Waals surface area (Å²) in [6.07, 6.45) is 0. The molecule has 8 heteroatoms. The third-order valence-electron chi connectivity index (χ3n) is 0.385. The largest absolute Gasteiger partial charge is 0.394 e.